The molecule has 2 aromatic heterocycles. The molecule has 0 aromatic carbocycles. The summed E-state index contributed by atoms with van der Waals surface area (Å²) < 4.78 is 12.5. The maximum atomic E-state index is 12.5. The van der Waals surface area contributed by atoms with Crippen molar-refractivity contribution in [2.75, 3.05) is 25.4 Å². The van der Waals surface area contributed by atoms with Crippen LogP contribution in [0.2, 0.25) is 0 Å². The predicted octanol–water partition coefficient (Wildman–Crippen LogP) is -1.21. The van der Waals surface area contributed by atoms with Gasteiger partial charge in [0.1, 0.15) is 17.7 Å². The Balaban J connectivity index is 1.08. The van der Waals surface area contributed by atoms with Crippen LogP contribution in [0.3, 0.4) is 0 Å². The number of hydrogen-bond acceptors (Lipinski definition) is 11. The molecule has 5 atom stereocenters. The van der Waals surface area contributed by atoms with Gasteiger partial charge < -0.3 is 41.0 Å². The van der Waals surface area contributed by atoms with Crippen molar-refractivity contribution in [3.05, 3.63) is 12.2 Å². The fourth-order valence-electron chi connectivity index (χ4n) is 5.27. The minimum Gasteiger partial charge on any atom is -0.436 e. The molecule has 6 N–H and O–H groups in total. The van der Waals surface area contributed by atoms with Gasteiger partial charge in [0, 0.05) is 38.5 Å². The Morgan fingerprint density at radius 1 is 1.17 bits per heavy atom. The zero-order chi connectivity index (χ0) is 28.7. The molecule has 2 unspecified atom stereocenters. The van der Waals surface area contributed by atoms with E-state index in [1.807, 2.05) is 0 Å². The average molecular weight is 569 g/mol. The lowest BCUT2D eigenvalue weighted by atomic mass is 9.94. The van der Waals surface area contributed by atoms with E-state index in [9.17, 15) is 24.6 Å². The van der Waals surface area contributed by atoms with Crippen molar-refractivity contribution in [3.63, 3.8) is 0 Å². The summed E-state index contributed by atoms with van der Waals surface area (Å²) >= 11 is 0. The predicted molar refractivity (Wildman–Crippen MR) is 141 cm³/mol. The van der Waals surface area contributed by atoms with Gasteiger partial charge in [0.15, 0.2) is 29.9 Å². The molecule has 1 aliphatic carbocycles. The van der Waals surface area contributed by atoms with E-state index in [4.69, 9.17) is 15.2 Å². The number of hydrogen-bond donors (Lipinski definition) is 5. The smallest absolute Gasteiger partial charge is 0.410 e. The number of aliphatic hydroxyl groups excluding tert-OH is 2. The Labute approximate surface area is 234 Å². The number of nitrogens with one attached hydrogen (secondary N) is 2. The first-order valence-corrected chi connectivity index (χ1v) is 13.8. The van der Waals surface area contributed by atoms with E-state index < -0.39 is 42.6 Å². The number of ether oxygens (including phenoxy) is 2. The number of amides is 3. The van der Waals surface area contributed by atoms with Gasteiger partial charge in [-0.25, -0.2) is 19.7 Å². The highest BCUT2D eigenvalue weighted by atomic mass is 16.6. The van der Waals surface area contributed by atoms with Crippen LogP contribution in [0.4, 0.5) is 10.6 Å². The van der Waals surface area contributed by atoms with Crippen molar-refractivity contribution in [3.8, 4) is 11.8 Å². The molecule has 5 heterocycles. The van der Waals surface area contributed by atoms with Crippen molar-refractivity contribution >= 4 is 34.9 Å². The maximum absolute atomic E-state index is 12.5. The number of piperidine rings is 1. The van der Waals surface area contributed by atoms with Crippen molar-refractivity contribution in [2.24, 2.45) is 5.92 Å². The first kappa shape index (κ1) is 27.2. The number of likely N-dealkylation sites (tertiary alicyclic amines) is 1. The lowest BCUT2D eigenvalue weighted by molar-refractivity contribution is -0.137. The van der Waals surface area contributed by atoms with Gasteiger partial charge in [0.05, 0.1) is 6.33 Å². The molecule has 0 bridgehead atoms. The zero-order valence-electron chi connectivity index (χ0n) is 22.2. The zero-order valence-corrected chi connectivity index (χ0v) is 22.2. The highest BCUT2D eigenvalue weighted by molar-refractivity contribution is 5.85. The number of carbonyl (C=O) groups excluding carboxylic acids is 3. The highest BCUT2D eigenvalue weighted by Gasteiger charge is 2.48. The SMILES string of the molecule is Nc1nc(C#CCC2CCN(C(=O)OC3CCNC3=O)CC2)nc2c1ncn2[C@@H]1O[C@H](C(=O)NC2CC2)C(O)[C@@H]1O. The molecule has 15 nitrogen and oxygen atoms in total. The van der Waals surface area contributed by atoms with E-state index in [0.717, 1.165) is 25.7 Å². The summed E-state index contributed by atoms with van der Waals surface area (Å²) in [5.41, 5.74) is 6.64. The van der Waals surface area contributed by atoms with E-state index in [0.29, 0.717) is 32.5 Å². The monoisotopic (exact) mass is 568 g/mol. The number of aromatic nitrogens is 4. The Morgan fingerprint density at radius 3 is 2.66 bits per heavy atom. The summed E-state index contributed by atoms with van der Waals surface area (Å²) in [5, 5.41) is 26.6. The summed E-state index contributed by atoms with van der Waals surface area (Å²) in [4.78, 5) is 51.1. The molecule has 15 heteroatoms. The lowest BCUT2D eigenvalue weighted by Gasteiger charge is -2.31. The number of rotatable bonds is 5. The molecule has 4 aliphatic rings. The summed E-state index contributed by atoms with van der Waals surface area (Å²) in [6.45, 7) is 1.55. The van der Waals surface area contributed by atoms with Gasteiger partial charge in [0.2, 0.25) is 5.82 Å². The second-order valence-electron chi connectivity index (χ2n) is 10.9. The van der Waals surface area contributed by atoms with Gasteiger partial charge in [-0.05, 0) is 37.5 Å². The number of imidazole rings is 1. The average Bonchev–Trinajstić information content (AvgIpc) is 3.39. The van der Waals surface area contributed by atoms with E-state index in [2.05, 4.69) is 37.4 Å². The third kappa shape index (κ3) is 5.63. The molecule has 4 fully saturated rings. The van der Waals surface area contributed by atoms with Crippen LogP contribution < -0.4 is 16.4 Å². The Morgan fingerprint density at radius 2 is 1.95 bits per heavy atom. The number of fused-ring (bicyclic) bond motifs is 1. The number of nitrogens with two attached hydrogens (primary N) is 1. The fraction of sp³-hybridized carbons (Fsp3) is 0.615. The molecule has 1 saturated carbocycles. The summed E-state index contributed by atoms with van der Waals surface area (Å²) in [6, 6.07) is 0.0765. The van der Waals surface area contributed by atoms with Crippen molar-refractivity contribution < 1.29 is 34.1 Å². The Bertz CT molecular complexity index is 1410. The standard InChI is InChI=1S/C26H32N8O7/c27-21-17-22(34(12-29-17)25-19(36)18(35)20(41-25)24(38)30-14-4-5-14)32-16(31-21)3-1-2-13-7-10-33(11-8-13)26(39)40-15-6-9-28-23(15)37/h12-15,18-20,25,35-36H,2,4-11H2,(H,28,37)(H,30,38)(H2,27,31,32)/t15?,18?,19-,20-,25+/m0/s1. The molecule has 3 amide bonds. The van der Waals surface area contributed by atoms with E-state index in [-0.39, 0.29) is 40.7 Å². The van der Waals surface area contributed by atoms with Crippen LogP contribution in [-0.2, 0) is 19.1 Å². The first-order chi connectivity index (χ1) is 19.8. The fourth-order valence-corrected chi connectivity index (χ4v) is 5.27. The number of nitrogens with zero attached hydrogens (tertiary/aromatic N) is 5. The molecule has 0 radical (unpaired) electrons. The van der Waals surface area contributed by atoms with Gasteiger partial charge in [-0.15, -0.1) is 0 Å². The van der Waals surface area contributed by atoms with Crippen LogP contribution in [0.5, 0.6) is 0 Å². The second-order valence-corrected chi connectivity index (χ2v) is 10.9. The van der Waals surface area contributed by atoms with Crippen LogP contribution in [0, 0.1) is 17.8 Å². The third-order valence-electron chi connectivity index (χ3n) is 7.85. The van der Waals surface area contributed by atoms with E-state index >= 15 is 0 Å². The molecule has 3 saturated heterocycles. The Kier molecular flexibility index (Phi) is 7.37. The molecule has 2 aromatic rings. The van der Waals surface area contributed by atoms with Crippen molar-refractivity contribution in [1.82, 2.24) is 35.1 Å². The van der Waals surface area contributed by atoms with Gasteiger partial charge in [-0.2, -0.15) is 0 Å². The van der Waals surface area contributed by atoms with Crippen LogP contribution >= 0.6 is 0 Å². The number of aliphatic hydroxyl groups is 2. The van der Waals surface area contributed by atoms with Gasteiger partial charge in [-0.1, -0.05) is 5.92 Å². The third-order valence-corrected chi connectivity index (χ3v) is 7.85. The number of carbonyl (C=O) groups is 3. The number of anilines is 1. The topological polar surface area (TPSA) is 207 Å². The molecular weight excluding hydrogens is 536 g/mol. The molecule has 6 rings (SSSR count). The summed E-state index contributed by atoms with van der Waals surface area (Å²) in [5.74, 6) is 5.81. The minimum absolute atomic E-state index is 0.0765. The van der Waals surface area contributed by atoms with Crippen LogP contribution in [0.25, 0.3) is 11.2 Å². The maximum Gasteiger partial charge on any atom is 0.410 e. The molecule has 0 spiro atoms. The van der Waals surface area contributed by atoms with Gasteiger partial charge in [-0.3, -0.25) is 14.2 Å². The first-order valence-electron chi connectivity index (χ1n) is 13.8. The van der Waals surface area contributed by atoms with Crippen LogP contribution in [0.15, 0.2) is 6.33 Å². The minimum atomic E-state index is -1.43. The Hall–Kier alpha value is -4.00. The normalized spacial score (nSPS) is 28.3. The van der Waals surface area contributed by atoms with Crippen LogP contribution in [0.1, 0.15) is 50.6 Å². The highest BCUT2D eigenvalue weighted by Crippen LogP contribution is 2.33. The van der Waals surface area contributed by atoms with Gasteiger partial charge in [0.25, 0.3) is 11.8 Å². The van der Waals surface area contributed by atoms with Crippen molar-refractivity contribution in [1.29, 1.82) is 0 Å². The van der Waals surface area contributed by atoms with Crippen LogP contribution in [-0.4, -0.2) is 103 Å². The lowest BCUT2D eigenvalue weighted by Crippen LogP contribution is -2.43. The molecule has 218 valence electrons. The summed E-state index contributed by atoms with van der Waals surface area (Å²) in [6.07, 6.45) is -0.699. The molecular formula is C26H32N8O7. The van der Waals surface area contributed by atoms with E-state index in [1.165, 1.54) is 10.9 Å². The molecule has 41 heavy (non-hydrogen) atoms. The largest absolute Gasteiger partial charge is 0.436 e. The van der Waals surface area contributed by atoms with E-state index in [1.54, 1.807) is 4.90 Å². The second kappa shape index (κ2) is 11.1. The van der Waals surface area contributed by atoms with Gasteiger partial charge >= 0.3 is 6.09 Å². The van der Waals surface area contributed by atoms with Crippen molar-refractivity contribution in [2.45, 2.75) is 75.2 Å². The summed E-state index contributed by atoms with van der Waals surface area (Å²) in [7, 11) is 0. The number of nitrogen functional groups attached to an aromatic ring is 1. The quantitative estimate of drug-likeness (QED) is 0.270. The molecule has 3 aliphatic heterocycles.